The van der Waals surface area contributed by atoms with Crippen LogP contribution in [0, 0.1) is 0 Å². The van der Waals surface area contributed by atoms with E-state index in [0.717, 1.165) is 51.0 Å². The zero-order valence-corrected chi connectivity index (χ0v) is 13.8. The standard InChI is InChI=1S/C19H23N3O2/c23-19(17-13-24-21-18(17)15-8-9-15)22-10-4-7-16(12-22)20-11-14-5-2-1-3-6-14/h1-3,5-6,13,15-16,20H,4,7-12H2. The van der Waals surface area contributed by atoms with E-state index in [1.807, 2.05) is 11.0 Å². The number of likely N-dealkylation sites (tertiary alicyclic amines) is 1. The third-order valence-corrected chi connectivity index (χ3v) is 4.94. The molecule has 2 heterocycles. The minimum absolute atomic E-state index is 0.0735. The summed E-state index contributed by atoms with van der Waals surface area (Å²) in [6.45, 7) is 2.41. The Labute approximate surface area is 142 Å². The fourth-order valence-electron chi connectivity index (χ4n) is 3.41. The van der Waals surface area contributed by atoms with Crippen LogP contribution in [0.5, 0.6) is 0 Å². The maximum Gasteiger partial charge on any atom is 0.259 e. The fourth-order valence-corrected chi connectivity index (χ4v) is 3.41. The molecule has 4 rings (SSSR count). The van der Waals surface area contributed by atoms with Crippen molar-refractivity contribution in [3.05, 3.63) is 53.4 Å². The van der Waals surface area contributed by atoms with Crippen LogP contribution in [-0.4, -0.2) is 35.1 Å². The molecule has 2 aromatic rings. The monoisotopic (exact) mass is 325 g/mol. The summed E-state index contributed by atoms with van der Waals surface area (Å²) in [5.41, 5.74) is 2.80. The number of aromatic nitrogens is 1. The van der Waals surface area contributed by atoms with Gasteiger partial charge in [0, 0.05) is 31.6 Å². The fraction of sp³-hybridized carbons (Fsp3) is 0.474. The van der Waals surface area contributed by atoms with Crippen LogP contribution >= 0.6 is 0 Å². The van der Waals surface area contributed by atoms with Crippen LogP contribution in [0.25, 0.3) is 0 Å². The molecule has 5 heteroatoms. The first-order valence-corrected chi connectivity index (χ1v) is 8.82. The lowest BCUT2D eigenvalue weighted by molar-refractivity contribution is 0.0692. The van der Waals surface area contributed by atoms with Gasteiger partial charge in [0.2, 0.25) is 0 Å². The lowest BCUT2D eigenvalue weighted by atomic mass is 10.0. The average Bonchev–Trinajstić information content (AvgIpc) is 3.37. The minimum atomic E-state index is 0.0735. The highest BCUT2D eigenvalue weighted by molar-refractivity contribution is 5.95. The van der Waals surface area contributed by atoms with E-state index in [4.69, 9.17) is 4.52 Å². The molecule has 0 radical (unpaired) electrons. The number of rotatable bonds is 5. The Morgan fingerprint density at radius 2 is 2.08 bits per heavy atom. The molecular weight excluding hydrogens is 302 g/mol. The molecule has 2 aliphatic rings. The maximum absolute atomic E-state index is 12.8. The number of amides is 1. The SMILES string of the molecule is O=C(c1conc1C1CC1)N1CCCC(NCc2ccccc2)C1. The summed E-state index contributed by atoms with van der Waals surface area (Å²) >= 11 is 0. The number of carbonyl (C=O) groups is 1. The van der Waals surface area contributed by atoms with Crippen molar-refractivity contribution in [1.82, 2.24) is 15.4 Å². The first-order chi connectivity index (χ1) is 11.8. The Bertz CT molecular complexity index is 694. The van der Waals surface area contributed by atoms with Gasteiger partial charge in [-0.1, -0.05) is 35.5 Å². The van der Waals surface area contributed by atoms with Crippen LogP contribution in [0.2, 0.25) is 0 Å². The predicted molar refractivity (Wildman–Crippen MR) is 90.7 cm³/mol. The van der Waals surface area contributed by atoms with E-state index in [9.17, 15) is 4.79 Å². The molecule has 1 aliphatic carbocycles. The van der Waals surface area contributed by atoms with E-state index in [1.54, 1.807) is 0 Å². The average molecular weight is 325 g/mol. The summed E-state index contributed by atoms with van der Waals surface area (Å²) in [5, 5.41) is 7.64. The van der Waals surface area contributed by atoms with Crippen molar-refractivity contribution in [3.63, 3.8) is 0 Å². The van der Waals surface area contributed by atoms with Gasteiger partial charge in [-0.05, 0) is 31.2 Å². The van der Waals surface area contributed by atoms with Gasteiger partial charge in [0.25, 0.3) is 5.91 Å². The Hall–Kier alpha value is -2.14. The molecule has 1 atom stereocenters. The first-order valence-electron chi connectivity index (χ1n) is 8.82. The molecule has 1 unspecified atom stereocenters. The molecule has 126 valence electrons. The van der Waals surface area contributed by atoms with Gasteiger partial charge in [0.05, 0.1) is 5.69 Å². The van der Waals surface area contributed by atoms with Crippen LogP contribution < -0.4 is 5.32 Å². The molecule has 1 N–H and O–H groups in total. The molecule has 0 bridgehead atoms. The van der Waals surface area contributed by atoms with Crippen molar-refractivity contribution in [1.29, 1.82) is 0 Å². The van der Waals surface area contributed by atoms with Gasteiger partial charge in [0.15, 0.2) is 0 Å². The van der Waals surface area contributed by atoms with Crippen molar-refractivity contribution >= 4 is 5.91 Å². The smallest absolute Gasteiger partial charge is 0.259 e. The van der Waals surface area contributed by atoms with Crippen LogP contribution in [0.1, 0.15) is 53.2 Å². The van der Waals surface area contributed by atoms with Crippen molar-refractivity contribution in [2.75, 3.05) is 13.1 Å². The molecule has 1 aromatic carbocycles. The van der Waals surface area contributed by atoms with E-state index in [1.165, 1.54) is 11.8 Å². The number of hydrogen-bond acceptors (Lipinski definition) is 4. The molecule has 5 nitrogen and oxygen atoms in total. The molecule has 1 aliphatic heterocycles. The molecule has 1 aromatic heterocycles. The van der Waals surface area contributed by atoms with Crippen LogP contribution in [0.4, 0.5) is 0 Å². The second-order valence-electron chi connectivity index (χ2n) is 6.84. The summed E-state index contributed by atoms with van der Waals surface area (Å²) in [6, 6.07) is 10.7. The number of nitrogens with zero attached hydrogens (tertiary/aromatic N) is 2. The Balaban J connectivity index is 1.37. The van der Waals surface area contributed by atoms with Gasteiger partial charge in [-0.25, -0.2) is 0 Å². The molecule has 2 fully saturated rings. The van der Waals surface area contributed by atoms with Gasteiger partial charge >= 0.3 is 0 Å². The Morgan fingerprint density at radius 3 is 2.88 bits per heavy atom. The van der Waals surface area contributed by atoms with Crippen LogP contribution in [0.15, 0.2) is 41.1 Å². The number of benzene rings is 1. The van der Waals surface area contributed by atoms with Crippen molar-refractivity contribution in [3.8, 4) is 0 Å². The van der Waals surface area contributed by atoms with Gasteiger partial charge in [-0.2, -0.15) is 0 Å². The Kier molecular flexibility index (Phi) is 4.34. The molecule has 1 saturated heterocycles. The van der Waals surface area contributed by atoms with E-state index < -0.39 is 0 Å². The minimum Gasteiger partial charge on any atom is -0.364 e. The summed E-state index contributed by atoms with van der Waals surface area (Å²) in [5.74, 6) is 0.504. The highest BCUT2D eigenvalue weighted by Gasteiger charge is 2.34. The van der Waals surface area contributed by atoms with Crippen LogP contribution in [-0.2, 0) is 6.54 Å². The third kappa shape index (κ3) is 3.36. The summed E-state index contributed by atoms with van der Waals surface area (Å²) in [4.78, 5) is 14.8. The Morgan fingerprint density at radius 1 is 1.25 bits per heavy atom. The van der Waals surface area contributed by atoms with Gasteiger partial charge in [0.1, 0.15) is 11.8 Å². The summed E-state index contributed by atoms with van der Waals surface area (Å²) < 4.78 is 5.08. The number of piperidine rings is 1. The van der Waals surface area contributed by atoms with Gasteiger partial charge < -0.3 is 14.7 Å². The highest BCUT2D eigenvalue weighted by atomic mass is 16.5. The summed E-state index contributed by atoms with van der Waals surface area (Å²) in [6.07, 6.45) is 5.90. The number of carbonyl (C=O) groups excluding carboxylic acids is 1. The largest absolute Gasteiger partial charge is 0.364 e. The lowest BCUT2D eigenvalue weighted by Gasteiger charge is -2.33. The molecule has 0 spiro atoms. The normalized spacial score (nSPS) is 21.0. The van der Waals surface area contributed by atoms with Gasteiger partial charge in [-0.15, -0.1) is 0 Å². The second-order valence-corrected chi connectivity index (χ2v) is 6.84. The quantitative estimate of drug-likeness (QED) is 0.918. The lowest BCUT2D eigenvalue weighted by Crippen LogP contribution is -2.47. The van der Waals surface area contributed by atoms with Crippen LogP contribution in [0.3, 0.4) is 0 Å². The van der Waals surface area contributed by atoms with E-state index in [-0.39, 0.29) is 5.91 Å². The second kappa shape index (κ2) is 6.77. The number of hydrogen-bond donors (Lipinski definition) is 1. The van der Waals surface area contributed by atoms with Crippen molar-refractivity contribution < 1.29 is 9.32 Å². The zero-order valence-electron chi connectivity index (χ0n) is 13.8. The molecule has 1 saturated carbocycles. The van der Waals surface area contributed by atoms with E-state index in [0.29, 0.717) is 17.5 Å². The van der Waals surface area contributed by atoms with Crippen molar-refractivity contribution in [2.24, 2.45) is 0 Å². The highest BCUT2D eigenvalue weighted by Crippen LogP contribution is 2.41. The topological polar surface area (TPSA) is 58.4 Å². The number of nitrogens with one attached hydrogen (secondary N) is 1. The first kappa shape index (κ1) is 15.4. The predicted octanol–water partition coefficient (Wildman–Crippen LogP) is 2.95. The molecule has 24 heavy (non-hydrogen) atoms. The zero-order chi connectivity index (χ0) is 16.4. The molecule has 1 amide bonds. The van der Waals surface area contributed by atoms with E-state index in [2.05, 4.69) is 34.7 Å². The molecular formula is C19H23N3O2. The summed E-state index contributed by atoms with van der Waals surface area (Å²) in [7, 11) is 0. The maximum atomic E-state index is 12.8. The van der Waals surface area contributed by atoms with E-state index >= 15 is 0 Å². The van der Waals surface area contributed by atoms with Crippen molar-refractivity contribution in [2.45, 2.75) is 44.2 Å². The third-order valence-electron chi connectivity index (χ3n) is 4.94. The van der Waals surface area contributed by atoms with Gasteiger partial charge in [-0.3, -0.25) is 4.79 Å².